The van der Waals surface area contributed by atoms with Gasteiger partial charge >= 0.3 is 0 Å². The molecule has 0 aromatic heterocycles. The minimum absolute atomic E-state index is 0.0167. The number of hydrogen-bond acceptors (Lipinski definition) is 4. The Hall–Kier alpha value is -3.43. The molecule has 0 radical (unpaired) electrons. The molecule has 0 heterocycles. The number of anilines is 1. The van der Waals surface area contributed by atoms with Crippen LogP contribution >= 0.6 is 11.6 Å². The van der Waals surface area contributed by atoms with E-state index in [0.29, 0.717) is 11.4 Å². The number of nitrogens with zero attached hydrogens (tertiary/aromatic N) is 2. The number of benzene rings is 3. The molecule has 3 aromatic rings. The van der Waals surface area contributed by atoms with E-state index in [1.54, 1.807) is 43.3 Å². The predicted octanol–water partition coefficient (Wildman–Crippen LogP) is 5.70. The number of halogens is 2. The predicted molar refractivity (Wildman–Crippen MR) is 156 cm³/mol. The summed E-state index contributed by atoms with van der Waals surface area (Å²) in [5.74, 6) is -1.49. The number of carbonyl (C=O) groups is 2. The Morgan fingerprint density at radius 2 is 1.52 bits per heavy atom. The summed E-state index contributed by atoms with van der Waals surface area (Å²) in [6.07, 6.45) is 0.294. The van der Waals surface area contributed by atoms with Gasteiger partial charge in [0.1, 0.15) is 18.4 Å². The van der Waals surface area contributed by atoms with Crippen LogP contribution in [0, 0.1) is 12.7 Å². The van der Waals surface area contributed by atoms with Crippen molar-refractivity contribution in [1.82, 2.24) is 10.2 Å². The third-order valence-electron chi connectivity index (χ3n) is 6.15. The molecule has 214 valence electrons. The standard InChI is InChI=1S/C30H35ClFN3O4S/c1-6-27(29(37)33-30(3,4)5)34(19-22-9-11-23(31)12-10-22)28(36)20-35(25-15-13-24(32)14-16-25)40(38,39)26-17-7-21(2)8-18-26/h7-18,27H,6,19-20H2,1-5H3,(H,33,37)/t27-/m1/s1. The Morgan fingerprint density at radius 3 is 2.05 bits per heavy atom. The van der Waals surface area contributed by atoms with Gasteiger partial charge in [-0.1, -0.05) is 48.4 Å². The zero-order chi connectivity index (χ0) is 29.7. The van der Waals surface area contributed by atoms with Gasteiger partial charge in [0.25, 0.3) is 10.0 Å². The Bertz CT molecular complexity index is 1420. The molecule has 0 fully saturated rings. The van der Waals surface area contributed by atoms with E-state index in [4.69, 9.17) is 11.6 Å². The van der Waals surface area contributed by atoms with E-state index in [1.807, 2.05) is 27.7 Å². The Kier molecular flexibility index (Phi) is 9.97. The van der Waals surface area contributed by atoms with Crippen molar-refractivity contribution in [3.8, 4) is 0 Å². The molecular weight excluding hydrogens is 553 g/mol. The smallest absolute Gasteiger partial charge is 0.264 e. The van der Waals surface area contributed by atoms with Gasteiger partial charge in [0.05, 0.1) is 10.6 Å². The second-order valence-electron chi connectivity index (χ2n) is 10.6. The lowest BCUT2D eigenvalue weighted by Crippen LogP contribution is -2.55. The molecule has 0 aliphatic heterocycles. The average molecular weight is 588 g/mol. The van der Waals surface area contributed by atoms with Crippen LogP contribution in [0.3, 0.4) is 0 Å². The SMILES string of the molecule is CC[C@H](C(=O)NC(C)(C)C)N(Cc1ccc(Cl)cc1)C(=O)CN(c1ccc(F)cc1)S(=O)(=O)c1ccc(C)cc1. The number of rotatable bonds is 10. The van der Waals surface area contributed by atoms with Gasteiger partial charge in [-0.2, -0.15) is 0 Å². The number of nitrogens with one attached hydrogen (secondary N) is 1. The summed E-state index contributed by atoms with van der Waals surface area (Å²) < 4.78 is 42.3. The first-order valence-corrected chi connectivity index (χ1v) is 14.7. The number of sulfonamides is 1. The second kappa shape index (κ2) is 12.8. The highest BCUT2D eigenvalue weighted by Crippen LogP contribution is 2.26. The lowest BCUT2D eigenvalue weighted by Gasteiger charge is -2.34. The van der Waals surface area contributed by atoms with Gasteiger partial charge < -0.3 is 10.2 Å². The van der Waals surface area contributed by atoms with Crippen molar-refractivity contribution < 1.29 is 22.4 Å². The van der Waals surface area contributed by atoms with Gasteiger partial charge in [-0.05, 0) is 88.2 Å². The number of amides is 2. The monoisotopic (exact) mass is 587 g/mol. The van der Waals surface area contributed by atoms with Gasteiger partial charge in [-0.25, -0.2) is 12.8 Å². The Balaban J connectivity index is 2.06. The van der Waals surface area contributed by atoms with E-state index >= 15 is 0 Å². The first-order valence-electron chi connectivity index (χ1n) is 12.9. The van der Waals surface area contributed by atoms with Crippen LogP contribution in [0.1, 0.15) is 45.2 Å². The number of aryl methyl sites for hydroxylation is 1. The van der Waals surface area contributed by atoms with Crippen molar-refractivity contribution in [2.75, 3.05) is 10.8 Å². The third kappa shape index (κ3) is 8.05. The molecule has 1 atom stereocenters. The molecule has 0 bridgehead atoms. The Morgan fingerprint density at radius 1 is 0.950 bits per heavy atom. The van der Waals surface area contributed by atoms with Crippen LogP contribution in [0.4, 0.5) is 10.1 Å². The summed E-state index contributed by atoms with van der Waals surface area (Å²) >= 11 is 6.04. The van der Waals surface area contributed by atoms with Crippen LogP contribution in [-0.2, 0) is 26.2 Å². The lowest BCUT2D eigenvalue weighted by atomic mass is 10.1. The number of hydrogen-bond donors (Lipinski definition) is 1. The first kappa shape index (κ1) is 31.1. The quantitative estimate of drug-likeness (QED) is 0.329. The molecular formula is C30H35ClFN3O4S. The topological polar surface area (TPSA) is 86.8 Å². The maximum atomic E-state index is 14.0. The summed E-state index contributed by atoms with van der Waals surface area (Å²) in [6, 6.07) is 17.1. The van der Waals surface area contributed by atoms with Crippen molar-refractivity contribution in [2.24, 2.45) is 0 Å². The summed E-state index contributed by atoms with van der Waals surface area (Å²) in [4.78, 5) is 28.7. The molecule has 10 heteroatoms. The fourth-order valence-corrected chi connectivity index (χ4v) is 5.67. The maximum Gasteiger partial charge on any atom is 0.264 e. The van der Waals surface area contributed by atoms with E-state index in [-0.39, 0.29) is 23.0 Å². The van der Waals surface area contributed by atoms with E-state index in [0.717, 1.165) is 27.6 Å². The van der Waals surface area contributed by atoms with Gasteiger partial charge in [0, 0.05) is 17.1 Å². The maximum absolute atomic E-state index is 14.0. The summed E-state index contributed by atoms with van der Waals surface area (Å²) in [5.41, 5.74) is 1.16. The molecule has 0 aliphatic rings. The van der Waals surface area contributed by atoms with Crippen molar-refractivity contribution in [3.05, 3.63) is 94.8 Å². The third-order valence-corrected chi connectivity index (χ3v) is 8.19. The second-order valence-corrected chi connectivity index (χ2v) is 12.9. The van der Waals surface area contributed by atoms with Gasteiger partial charge in [0.15, 0.2) is 0 Å². The zero-order valence-electron chi connectivity index (χ0n) is 23.3. The van der Waals surface area contributed by atoms with Crippen molar-refractivity contribution in [2.45, 2.75) is 64.1 Å². The van der Waals surface area contributed by atoms with E-state index < -0.39 is 39.9 Å². The Labute approximate surface area is 241 Å². The molecule has 40 heavy (non-hydrogen) atoms. The lowest BCUT2D eigenvalue weighted by molar-refractivity contribution is -0.141. The van der Waals surface area contributed by atoms with Crippen LogP contribution in [0.25, 0.3) is 0 Å². The molecule has 2 amide bonds. The highest BCUT2D eigenvalue weighted by atomic mass is 35.5. The van der Waals surface area contributed by atoms with E-state index in [2.05, 4.69) is 5.32 Å². The van der Waals surface area contributed by atoms with Gasteiger partial charge in [-0.15, -0.1) is 0 Å². The van der Waals surface area contributed by atoms with E-state index in [1.165, 1.54) is 29.2 Å². The van der Waals surface area contributed by atoms with Gasteiger partial charge in [-0.3, -0.25) is 13.9 Å². The summed E-state index contributed by atoms with van der Waals surface area (Å²) in [6.45, 7) is 8.59. The molecule has 0 spiro atoms. The molecule has 3 aromatic carbocycles. The summed E-state index contributed by atoms with van der Waals surface area (Å²) in [5, 5.41) is 3.44. The highest BCUT2D eigenvalue weighted by Gasteiger charge is 2.34. The largest absolute Gasteiger partial charge is 0.350 e. The van der Waals surface area contributed by atoms with E-state index in [9.17, 15) is 22.4 Å². The molecule has 0 unspecified atom stereocenters. The van der Waals surface area contributed by atoms with Crippen LogP contribution < -0.4 is 9.62 Å². The molecule has 0 saturated heterocycles. The zero-order valence-corrected chi connectivity index (χ0v) is 24.9. The summed E-state index contributed by atoms with van der Waals surface area (Å²) in [7, 11) is -4.23. The number of carbonyl (C=O) groups excluding carboxylic acids is 2. The normalized spacial score (nSPS) is 12.5. The highest BCUT2D eigenvalue weighted by molar-refractivity contribution is 7.92. The average Bonchev–Trinajstić information content (AvgIpc) is 2.88. The van der Waals surface area contributed by atoms with Gasteiger partial charge in [0.2, 0.25) is 11.8 Å². The fraction of sp³-hybridized carbons (Fsp3) is 0.333. The minimum Gasteiger partial charge on any atom is -0.350 e. The molecule has 0 aliphatic carbocycles. The van der Waals surface area contributed by atoms with Crippen molar-refractivity contribution >= 4 is 39.1 Å². The van der Waals surface area contributed by atoms with Crippen LogP contribution in [0.15, 0.2) is 77.7 Å². The van der Waals surface area contributed by atoms with Crippen LogP contribution in [0.5, 0.6) is 0 Å². The molecule has 1 N–H and O–H groups in total. The van der Waals surface area contributed by atoms with Crippen molar-refractivity contribution in [1.29, 1.82) is 0 Å². The van der Waals surface area contributed by atoms with Crippen LogP contribution in [0.2, 0.25) is 5.02 Å². The molecule has 3 rings (SSSR count). The minimum atomic E-state index is -4.23. The van der Waals surface area contributed by atoms with Crippen molar-refractivity contribution in [3.63, 3.8) is 0 Å². The first-order chi connectivity index (χ1) is 18.7. The fourth-order valence-electron chi connectivity index (χ4n) is 4.13. The molecule has 0 saturated carbocycles. The molecule has 7 nitrogen and oxygen atoms in total. The van der Waals surface area contributed by atoms with Crippen LogP contribution in [-0.4, -0.2) is 43.3 Å².